The van der Waals surface area contributed by atoms with E-state index >= 15 is 0 Å². The molecule has 6 heteroatoms. The molecule has 26 heavy (non-hydrogen) atoms. The number of anilines is 3. The fourth-order valence-corrected chi connectivity index (χ4v) is 2.56. The maximum Gasteiger partial charge on any atom is 0.229 e. The molecule has 0 spiro atoms. The van der Waals surface area contributed by atoms with Crippen LogP contribution >= 0.6 is 0 Å². The Balaban J connectivity index is 1.65. The van der Waals surface area contributed by atoms with Gasteiger partial charge in [-0.1, -0.05) is 24.3 Å². The van der Waals surface area contributed by atoms with Crippen LogP contribution in [0.4, 0.5) is 21.8 Å². The van der Waals surface area contributed by atoms with Crippen molar-refractivity contribution in [2.75, 3.05) is 24.3 Å². The molecular weight excluding hydrogens is 331 g/mol. The number of benzene rings is 2. The highest BCUT2D eigenvalue weighted by molar-refractivity contribution is 5.55. The number of nitrogens with one attached hydrogen (secondary N) is 2. The number of aryl methyl sites for hydroxylation is 1. The predicted octanol–water partition coefficient (Wildman–Crippen LogP) is 4.33. The molecular formula is C20H21FN4O. The quantitative estimate of drug-likeness (QED) is 0.663. The van der Waals surface area contributed by atoms with Gasteiger partial charge in [0.2, 0.25) is 5.95 Å². The summed E-state index contributed by atoms with van der Waals surface area (Å²) in [6, 6.07) is 16.3. The lowest BCUT2D eigenvalue weighted by Crippen LogP contribution is -2.09. The molecule has 0 bridgehead atoms. The molecule has 2 N–H and O–H groups in total. The van der Waals surface area contributed by atoms with Crippen molar-refractivity contribution in [3.05, 3.63) is 71.7 Å². The standard InChI is InChI=1S/C20H21FN4O/c1-14-12-19(22-11-10-15-6-5-7-16(13-15)26-2)25-20(23-14)24-18-9-4-3-8-17(18)21/h3-9,12-13H,10-11H2,1-2H3,(H2,22,23,24,25). The number of aromatic nitrogens is 2. The Morgan fingerprint density at radius 1 is 1.04 bits per heavy atom. The van der Waals surface area contributed by atoms with Gasteiger partial charge < -0.3 is 15.4 Å². The highest BCUT2D eigenvalue weighted by Crippen LogP contribution is 2.19. The number of hydrogen-bond donors (Lipinski definition) is 2. The number of ether oxygens (including phenoxy) is 1. The summed E-state index contributed by atoms with van der Waals surface area (Å²) in [6.07, 6.45) is 0.830. The minimum Gasteiger partial charge on any atom is -0.497 e. The lowest BCUT2D eigenvalue weighted by molar-refractivity contribution is 0.414. The summed E-state index contributed by atoms with van der Waals surface area (Å²) in [5, 5.41) is 6.21. The molecule has 3 rings (SSSR count). The van der Waals surface area contributed by atoms with E-state index in [4.69, 9.17) is 4.74 Å². The van der Waals surface area contributed by atoms with Gasteiger partial charge in [-0.15, -0.1) is 0 Å². The van der Waals surface area contributed by atoms with Crippen molar-refractivity contribution in [3.8, 4) is 5.75 Å². The first-order valence-corrected chi connectivity index (χ1v) is 8.38. The Hall–Kier alpha value is -3.15. The van der Waals surface area contributed by atoms with Crippen molar-refractivity contribution in [1.82, 2.24) is 9.97 Å². The lowest BCUT2D eigenvalue weighted by Gasteiger charge is -2.11. The summed E-state index contributed by atoms with van der Waals surface area (Å²) in [6.45, 7) is 2.59. The average Bonchev–Trinajstić information content (AvgIpc) is 2.63. The van der Waals surface area contributed by atoms with E-state index in [1.807, 2.05) is 31.2 Å². The van der Waals surface area contributed by atoms with Gasteiger partial charge in [-0.3, -0.25) is 0 Å². The van der Waals surface area contributed by atoms with Crippen molar-refractivity contribution < 1.29 is 9.13 Å². The van der Waals surface area contributed by atoms with Crippen LogP contribution in [0, 0.1) is 12.7 Å². The van der Waals surface area contributed by atoms with Gasteiger partial charge in [0.1, 0.15) is 17.4 Å². The highest BCUT2D eigenvalue weighted by Gasteiger charge is 2.06. The number of nitrogens with zero attached hydrogens (tertiary/aromatic N) is 2. The van der Waals surface area contributed by atoms with E-state index in [1.54, 1.807) is 25.3 Å². The van der Waals surface area contributed by atoms with Crippen LogP contribution in [0.2, 0.25) is 0 Å². The van der Waals surface area contributed by atoms with Crippen LogP contribution in [0.5, 0.6) is 5.75 Å². The second-order valence-corrected chi connectivity index (χ2v) is 5.85. The molecule has 0 amide bonds. The summed E-state index contributed by atoms with van der Waals surface area (Å²) in [5.74, 6) is 1.56. The summed E-state index contributed by atoms with van der Waals surface area (Å²) in [4.78, 5) is 8.72. The number of methoxy groups -OCH3 is 1. The molecule has 3 aromatic rings. The zero-order valence-electron chi connectivity index (χ0n) is 14.8. The van der Waals surface area contributed by atoms with Gasteiger partial charge in [-0.05, 0) is 43.2 Å². The first-order chi connectivity index (χ1) is 12.6. The van der Waals surface area contributed by atoms with Crippen LogP contribution in [-0.2, 0) is 6.42 Å². The minimum atomic E-state index is -0.342. The Kier molecular flexibility index (Phi) is 5.63. The summed E-state index contributed by atoms with van der Waals surface area (Å²) >= 11 is 0. The van der Waals surface area contributed by atoms with Gasteiger partial charge in [0.25, 0.3) is 0 Å². The SMILES string of the molecule is COc1cccc(CCNc2cc(C)nc(Nc3ccccc3F)n2)c1. The normalized spacial score (nSPS) is 10.4. The molecule has 0 aliphatic rings. The molecule has 2 aromatic carbocycles. The molecule has 0 atom stereocenters. The Morgan fingerprint density at radius 2 is 1.88 bits per heavy atom. The second kappa shape index (κ2) is 8.29. The maximum atomic E-state index is 13.8. The molecule has 0 saturated carbocycles. The second-order valence-electron chi connectivity index (χ2n) is 5.85. The Labute approximate surface area is 152 Å². The van der Waals surface area contributed by atoms with Crippen molar-refractivity contribution in [2.24, 2.45) is 0 Å². The molecule has 0 radical (unpaired) electrons. The number of halogens is 1. The van der Waals surface area contributed by atoms with Gasteiger partial charge in [-0.2, -0.15) is 4.98 Å². The molecule has 0 fully saturated rings. The molecule has 1 aromatic heterocycles. The first-order valence-electron chi connectivity index (χ1n) is 8.38. The fraction of sp³-hybridized carbons (Fsp3) is 0.200. The molecule has 0 unspecified atom stereocenters. The van der Waals surface area contributed by atoms with Crippen molar-refractivity contribution in [1.29, 1.82) is 0 Å². The van der Waals surface area contributed by atoms with E-state index < -0.39 is 0 Å². The van der Waals surface area contributed by atoms with Crippen LogP contribution in [0.1, 0.15) is 11.3 Å². The molecule has 0 aliphatic carbocycles. The number of rotatable bonds is 7. The first kappa shape index (κ1) is 17.7. The Morgan fingerprint density at radius 3 is 2.69 bits per heavy atom. The smallest absolute Gasteiger partial charge is 0.229 e. The van der Waals surface area contributed by atoms with Crippen LogP contribution in [0.3, 0.4) is 0 Å². The third-order valence-corrected chi connectivity index (χ3v) is 3.83. The number of para-hydroxylation sites is 1. The predicted molar refractivity (Wildman–Crippen MR) is 102 cm³/mol. The molecule has 134 valence electrons. The minimum absolute atomic E-state index is 0.342. The topological polar surface area (TPSA) is 59.1 Å². The van der Waals surface area contributed by atoms with Crippen molar-refractivity contribution in [3.63, 3.8) is 0 Å². The van der Waals surface area contributed by atoms with Crippen molar-refractivity contribution >= 4 is 17.5 Å². The van der Waals surface area contributed by atoms with Crippen molar-refractivity contribution in [2.45, 2.75) is 13.3 Å². The van der Waals surface area contributed by atoms with E-state index in [0.717, 1.165) is 17.9 Å². The third-order valence-electron chi connectivity index (χ3n) is 3.83. The molecule has 1 heterocycles. The van der Waals surface area contributed by atoms with Crippen LogP contribution in [0.25, 0.3) is 0 Å². The van der Waals surface area contributed by atoms with Crippen LogP contribution in [0.15, 0.2) is 54.6 Å². The highest BCUT2D eigenvalue weighted by atomic mass is 19.1. The number of hydrogen-bond acceptors (Lipinski definition) is 5. The zero-order chi connectivity index (χ0) is 18.4. The summed E-state index contributed by atoms with van der Waals surface area (Å²) in [5.41, 5.74) is 2.32. The van der Waals surface area contributed by atoms with Gasteiger partial charge in [-0.25, -0.2) is 9.37 Å². The van der Waals surface area contributed by atoms with E-state index in [2.05, 4.69) is 26.7 Å². The van der Waals surface area contributed by atoms with Gasteiger partial charge in [0, 0.05) is 18.3 Å². The van der Waals surface area contributed by atoms with E-state index in [1.165, 1.54) is 11.6 Å². The third kappa shape index (κ3) is 4.69. The molecule has 0 saturated heterocycles. The molecule has 5 nitrogen and oxygen atoms in total. The van der Waals surface area contributed by atoms with Gasteiger partial charge in [0.05, 0.1) is 12.8 Å². The fourth-order valence-electron chi connectivity index (χ4n) is 2.56. The summed E-state index contributed by atoms with van der Waals surface area (Å²) in [7, 11) is 1.66. The zero-order valence-corrected chi connectivity index (χ0v) is 14.8. The van der Waals surface area contributed by atoms with Crippen LogP contribution < -0.4 is 15.4 Å². The average molecular weight is 352 g/mol. The Bertz CT molecular complexity index is 885. The summed E-state index contributed by atoms with van der Waals surface area (Å²) < 4.78 is 19.0. The van der Waals surface area contributed by atoms with E-state index in [-0.39, 0.29) is 5.82 Å². The largest absolute Gasteiger partial charge is 0.497 e. The van der Waals surface area contributed by atoms with E-state index in [0.29, 0.717) is 24.0 Å². The maximum absolute atomic E-state index is 13.8. The lowest BCUT2D eigenvalue weighted by atomic mass is 10.1. The van der Waals surface area contributed by atoms with E-state index in [9.17, 15) is 4.39 Å². The van der Waals surface area contributed by atoms with Gasteiger partial charge >= 0.3 is 0 Å². The molecule has 0 aliphatic heterocycles. The van der Waals surface area contributed by atoms with Crippen LogP contribution in [-0.4, -0.2) is 23.6 Å². The van der Waals surface area contributed by atoms with Gasteiger partial charge in [0.15, 0.2) is 0 Å². The monoisotopic (exact) mass is 352 g/mol.